The predicted octanol–water partition coefficient (Wildman–Crippen LogP) is 3.18. The maximum atomic E-state index is 12.6. The Balaban J connectivity index is 1.99. The number of amides is 2. The molecule has 2 aromatic rings. The number of anilines is 2. The molecule has 0 aliphatic heterocycles. The molecule has 148 valence electrons. The van der Waals surface area contributed by atoms with E-state index in [1.807, 2.05) is 6.92 Å². The molecule has 0 fully saturated rings. The molecule has 0 saturated heterocycles. The number of rotatable bonds is 9. The number of para-hydroxylation sites is 1. The summed E-state index contributed by atoms with van der Waals surface area (Å²) in [6, 6.07) is 13.7. The number of hydrogen-bond acceptors (Lipinski definition) is 6. The van der Waals surface area contributed by atoms with Gasteiger partial charge >= 0.3 is 5.97 Å². The number of nitrogens with one attached hydrogen (secondary N) is 2. The van der Waals surface area contributed by atoms with Crippen LogP contribution in [0.1, 0.15) is 17.3 Å². The lowest BCUT2D eigenvalue weighted by Crippen LogP contribution is -2.20. The summed E-state index contributed by atoms with van der Waals surface area (Å²) in [6.45, 7) is 2.46. The summed E-state index contributed by atoms with van der Waals surface area (Å²) >= 11 is 1.14. The van der Waals surface area contributed by atoms with E-state index in [0.717, 1.165) is 17.5 Å². The molecule has 0 spiro atoms. The Morgan fingerprint density at radius 1 is 0.964 bits per heavy atom. The second-order valence-corrected chi connectivity index (χ2v) is 6.56. The van der Waals surface area contributed by atoms with Gasteiger partial charge in [0.05, 0.1) is 36.5 Å². The molecule has 2 aromatic carbocycles. The zero-order valence-electron chi connectivity index (χ0n) is 15.7. The van der Waals surface area contributed by atoms with Gasteiger partial charge < -0.3 is 20.1 Å². The lowest BCUT2D eigenvalue weighted by molar-refractivity contribution is -0.137. The first-order chi connectivity index (χ1) is 13.5. The van der Waals surface area contributed by atoms with E-state index in [1.165, 1.54) is 7.11 Å². The van der Waals surface area contributed by atoms with E-state index in [2.05, 4.69) is 15.4 Å². The van der Waals surface area contributed by atoms with Crippen LogP contribution >= 0.6 is 11.8 Å². The molecular weight excluding hydrogens is 380 g/mol. The molecule has 28 heavy (non-hydrogen) atoms. The van der Waals surface area contributed by atoms with Crippen LogP contribution < -0.4 is 15.4 Å². The Kier molecular flexibility index (Phi) is 8.36. The first-order valence-corrected chi connectivity index (χ1v) is 9.76. The molecule has 0 aromatic heterocycles. The fourth-order valence-corrected chi connectivity index (χ4v) is 2.91. The summed E-state index contributed by atoms with van der Waals surface area (Å²) in [5.74, 6) is -0.170. The number of benzene rings is 2. The normalized spacial score (nSPS) is 10.1. The SMILES string of the molecule is CCOc1ccc(NC(=O)c2ccccc2NC(=O)CSCC(=O)OC)cc1. The fourth-order valence-electron chi connectivity index (χ4n) is 2.26. The van der Waals surface area contributed by atoms with Crippen molar-refractivity contribution in [2.45, 2.75) is 6.92 Å². The number of ether oxygens (including phenoxy) is 2. The third-order valence-electron chi connectivity index (χ3n) is 3.55. The Bertz CT molecular complexity index is 824. The highest BCUT2D eigenvalue weighted by molar-refractivity contribution is 8.00. The number of carbonyl (C=O) groups excluding carboxylic acids is 3. The minimum atomic E-state index is -0.395. The van der Waals surface area contributed by atoms with E-state index in [4.69, 9.17) is 4.74 Å². The molecule has 2 N–H and O–H groups in total. The van der Waals surface area contributed by atoms with Crippen LogP contribution in [0.25, 0.3) is 0 Å². The smallest absolute Gasteiger partial charge is 0.315 e. The zero-order chi connectivity index (χ0) is 20.4. The van der Waals surface area contributed by atoms with Crippen LogP contribution in [0.5, 0.6) is 5.75 Å². The lowest BCUT2D eigenvalue weighted by Gasteiger charge is -2.12. The predicted molar refractivity (Wildman–Crippen MR) is 110 cm³/mol. The van der Waals surface area contributed by atoms with Gasteiger partial charge in [-0.2, -0.15) is 0 Å². The average Bonchev–Trinajstić information content (AvgIpc) is 2.70. The maximum Gasteiger partial charge on any atom is 0.315 e. The minimum Gasteiger partial charge on any atom is -0.494 e. The van der Waals surface area contributed by atoms with Crippen LogP contribution in [0, 0.1) is 0 Å². The average molecular weight is 402 g/mol. The molecule has 0 saturated carbocycles. The van der Waals surface area contributed by atoms with Crippen LogP contribution in [-0.2, 0) is 14.3 Å². The van der Waals surface area contributed by atoms with Crippen molar-refractivity contribution in [3.63, 3.8) is 0 Å². The molecule has 0 aliphatic rings. The minimum absolute atomic E-state index is 0.0734. The highest BCUT2D eigenvalue weighted by Crippen LogP contribution is 2.20. The number of methoxy groups -OCH3 is 1. The maximum absolute atomic E-state index is 12.6. The molecule has 7 nitrogen and oxygen atoms in total. The third kappa shape index (κ3) is 6.62. The summed E-state index contributed by atoms with van der Waals surface area (Å²) in [5, 5.41) is 5.50. The molecule has 0 unspecified atom stereocenters. The van der Waals surface area contributed by atoms with Gasteiger partial charge in [0, 0.05) is 5.69 Å². The van der Waals surface area contributed by atoms with Crippen molar-refractivity contribution in [1.82, 2.24) is 0 Å². The number of thioether (sulfide) groups is 1. The first kappa shape index (κ1) is 21.3. The van der Waals surface area contributed by atoms with Gasteiger partial charge in [0.2, 0.25) is 5.91 Å². The number of esters is 1. The summed E-state index contributed by atoms with van der Waals surface area (Å²) in [7, 11) is 1.29. The monoisotopic (exact) mass is 402 g/mol. The molecule has 0 atom stereocenters. The number of carbonyl (C=O) groups is 3. The van der Waals surface area contributed by atoms with E-state index in [1.54, 1.807) is 48.5 Å². The zero-order valence-corrected chi connectivity index (χ0v) is 16.5. The summed E-state index contributed by atoms with van der Waals surface area (Å²) in [5.41, 5.74) is 1.35. The molecule has 0 radical (unpaired) electrons. The van der Waals surface area contributed by atoms with Crippen LogP contribution in [-0.4, -0.2) is 43.0 Å². The van der Waals surface area contributed by atoms with Gasteiger partial charge in [0.1, 0.15) is 5.75 Å². The standard InChI is InChI=1S/C20H22N2O5S/c1-3-27-15-10-8-14(9-11-15)21-20(25)16-6-4-5-7-17(16)22-18(23)12-28-13-19(24)26-2/h4-11H,3,12-13H2,1-2H3,(H,21,25)(H,22,23). The Morgan fingerprint density at radius 2 is 1.68 bits per heavy atom. The Morgan fingerprint density at radius 3 is 2.36 bits per heavy atom. The largest absolute Gasteiger partial charge is 0.494 e. The van der Waals surface area contributed by atoms with Gasteiger partial charge in [-0.1, -0.05) is 12.1 Å². The molecule has 2 rings (SSSR count). The molecule has 0 aliphatic carbocycles. The Hall–Kier alpha value is -3.00. The van der Waals surface area contributed by atoms with E-state index < -0.39 is 5.97 Å². The summed E-state index contributed by atoms with van der Waals surface area (Å²) in [6.07, 6.45) is 0. The number of hydrogen-bond donors (Lipinski definition) is 2. The quantitative estimate of drug-likeness (QED) is 0.626. The van der Waals surface area contributed by atoms with Crippen LogP contribution in [0.3, 0.4) is 0 Å². The molecule has 0 heterocycles. The summed E-state index contributed by atoms with van der Waals surface area (Å²) < 4.78 is 9.90. The lowest BCUT2D eigenvalue weighted by atomic mass is 10.1. The topological polar surface area (TPSA) is 93.7 Å². The molecule has 8 heteroatoms. The Labute approximate surface area is 167 Å². The van der Waals surface area contributed by atoms with Crippen LogP contribution in [0.2, 0.25) is 0 Å². The first-order valence-electron chi connectivity index (χ1n) is 8.61. The fraction of sp³-hybridized carbons (Fsp3) is 0.250. The highest BCUT2D eigenvalue weighted by atomic mass is 32.2. The van der Waals surface area contributed by atoms with E-state index in [-0.39, 0.29) is 23.3 Å². The highest BCUT2D eigenvalue weighted by Gasteiger charge is 2.14. The van der Waals surface area contributed by atoms with Crippen molar-refractivity contribution >= 4 is 40.9 Å². The van der Waals surface area contributed by atoms with Gasteiger partial charge in [-0.25, -0.2) is 0 Å². The van der Waals surface area contributed by atoms with Crippen molar-refractivity contribution in [2.24, 2.45) is 0 Å². The van der Waals surface area contributed by atoms with Crippen molar-refractivity contribution < 1.29 is 23.9 Å². The second kappa shape index (κ2) is 11.0. The van der Waals surface area contributed by atoms with E-state index >= 15 is 0 Å². The van der Waals surface area contributed by atoms with Gasteiger partial charge in [-0.05, 0) is 43.3 Å². The van der Waals surface area contributed by atoms with E-state index in [9.17, 15) is 14.4 Å². The van der Waals surface area contributed by atoms with Crippen LogP contribution in [0.4, 0.5) is 11.4 Å². The summed E-state index contributed by atoms with van der Waals surface area (Å²) in [4.78, 5) is 35.8. The van der Waals surface area contributed by atoms with Crippen molar-refractivity contribution in [3.05, 3.63) is 54.1 Å². The molecule has 0 bridgehead atoms. The van der Waals surface area contributed by atoms with Gasteiger partial charge in [-0.3, -0.25) is 14.4 Å². The van der Waals surface area contributed by atoms with Crippen molar-refractivity contribution in [1.29, 1.82) is 0 Å². The third-order valence-corrected chi connectivity index (χ3v) is 4.46. The molecule has 2 amide bonds. The molecular formula is C20H22N2O5S. The van der Waals surface area contributed by atoms with Crippen LogP contribution in [0.15, 0.2) is 48.5 Å². The van der Waals surface area contributed by atoms with Crippen molar-refractivity contribution in [3.8, 4) is 5.75 Å². The van der Waals surface area contributed by atoms with Crippen molar-refractivity contribution in [2.75, 3.05) is 35.9 Å². The second-order valence-electron chi connectivity index (χ2n) is 5.57. The van der Waals surface area contributed by atoms with Gasteiger partial charge in [0.15, 0.2) is 0 Å². The van der Waals surface area contributed by atoms with Gasteiger partial charge in [-0.15, -0.1) is 11.8 Å². The van der Waals surface area contributed by atoms with Gasteiger partial charge in [0.25, 0.3) is 5.91 Å². The van der Waals surface area contributed by atoms with E-state index in [0.29, 0.717) is 23.5 Å².